The lowest BCUT2D eigenvalue weighted by Gasteiger charge is -2.39. The van der Waals surface area contributed by atoms with Crippen LogP contribution in [0.25, 0.3) is 5.69 Å². The first-order valence-electron chi connectivity index (χ1n) is 10.0. The second kappa shape index (κ2) is 8.34. The van der Waals surface area contributed by atoms with E-state index in [2.05, 4.69) is 20.5 Å². The van der Waals surface area contributed by atoms with E-state index in [4.69, 9.17) is 0 Å². The van der Waals surface area contributed by atoms with Crippen molar-refractivity contribution >= 4 is 5.91 Å². The number of carbonyl (C=O) groups is 1. The molecule has 4 rings (SSSR count). The van der Waals surface area contributed by atoms with Gasteiger partial charge in [0, 0.05) is 31.2 Å². The molecule has 0 radical (unpaired) electrons. The third kappa shape index (κ3) is 4.22. The Kier molecular flexibility index (Phi) is 5.66. The van der Waals surface area contributed by atoms with Crippen LogP contribution < -0.4 is 5.32 Å². The fourth-order valence-electron chi connectivity index (χ4n) is 4.27. The molecule has 2 fully saturated rings. The van der Waals surface area contributed by atoms with Crippen molar-refractivity contribution < 1.29 is 13.6 Å². The van der Waals surface area contributed by atoms with Gasteiger partial charge in [0.05, 0.1) is 6.20 Å². The number of aromatic nitrogens is 3. The number of hydrogen-bond donors (Lipinski definition) is 1. The maximum absolute atomic E-state index is 13.9. The topological polar surface area (TPSA) is 63.1 Å². The molecule has 0 bridgehead atoms. The zero-order valence-electron chi connectivity index (χ0n) is 15.8. The molecule has 150 valence electrons. The Morgan fingerprint density at radius 2 is 1.82 bits per heavy atom. The number of nitrogens with one attached hydrogen (secondary N) is 1. The molecule has 1 saturated heterocycles. The fourth-order valence-corrected chi connectivity index (χ4v) is 4.27. The van der Waals surface area contributed by atoms with Gasteiger partial charge < -0.3 is 10.2 Å². The normalized spacial score (nSPS) is 19.6. The standard InChI is InChI=1S/C20H25F2N5O/c21-14-6-7-19(17(22)12-14)27-13-18(24-25-27)20(28)23-15-8-10-26(11-9-15)16-4-2-1-3-5-16/h6-7,12-13,15-16H,1-5,8-11H2,(H,23,28). The summed E-state index contributed by atoms with van der Waals surface area (Å²) in [4.78, 5) is 15.1. The number of amides is 1. The van der Waals surface area contributed by atoms with Gasteiger partial charge >= 0.3 is 0 Å². The molecular formula is C20H25F2N5O. The van der Waals surface area contributed by atoms with Crippen LogP contribution in [0.15, 0.2) is 24.4 Å². The second-order valence-electron chi connectivity index (χ2n) is 7.72. The van der Waals surface area contributed by atoms with Crippen molar-refractivity contribution in [1.29, 1.82) is 0 Å². The minimum absolute atomic E-state index is 0.0498. The van der Waals surface area contributed by atoms with Crippen LogP contribution in [-0.2, 0) is 0 Å². The number of carbonyl (C=O) groups excluding carboxylic acids is 1. The van der Waals surface area contributed by atoms with Gasteiger partial charge in [-0.05, 0) is 37.8 Å². The summed E-state index contributed by atoms with van der Waals surface area (Å²) in [6.45, 7) is 2.01. The molecule has 1 saturated carbocycles. The Balaban J connectivity index is 1.33. The van der Waals surface area contributed by atoms with Gasteiger partial charge in [-0.3, -0.25) is 4.79 Å². The molecule has 1 N–H and O–H groups in total. The average Bonchev–Trinajstić information content (AvgIpc) is 3.19. The van der Waals surface area contributed by atoms with Crippen molar-refractivity contribution in [2.75, 3.05) is 13.1 Å². The Labute approximate surface area is 162 Å². The second-order valence-corrected chi connectivity index (χ2v) is 7.72. The highest BCUT2D eigenvalue weighted by Crippen LogP contribution is 2.25. The Morgan fingerprint density at radius 3 is 2.54 bits per heavy atom. The number of likely N-dealkylation sites (tertiary alicyclic amines) is 1. The molecule has 1 aromatic carbocycles. The van der Waals surface area contributed by atoms with Crippen LogP contribution >= 0.6 is 0 Å². The predicted octanol–water partition coefficient (Wildman–Crippen LogP) is 3.07. The van der Waals surface area contributed by atoms with Gasteiger partial charge in [-0.2, -0.15) is 0 Å². The molecule has 1 aromatic heterocycles. The van der Waals surface area contributed by atoms with E-state index in [1.807, 2.05) is 0 Å². The quantitative estimate of drug-likeness (QED) is 0.873. The zero-order chi connectivity index (χ0) is 19.5. The first kappa shape index (κ1) is 19.0. The number of rotatable bonds is 4. The first-order valence-corrected chi connectivity index (χ1v) is 10.0. The predicted molar refractivity (Wildman–Crippen MR) is 100 cm³/mol. The molecule has 2 aromatic rings. The molecule has 2 aliphatic rings. The van der Waals surface area contributed by atoms with Crippen molar-refractivity contribution in [3.8, 4) is 5.69 Å². The minimum atomic E-state index is -0.757. The fraction of sp³-hybridized carbons (Fsp3) is 0.550. The van der Waals surface area contributed by atoms with Gasteiger partial charge in [0.2, 0.25) is 0 Å². The molecule has 2 heterocycles. The Hall–Kier alpha value is -2.35. The molecule has 6 nitrogen and oxygen atoms in total. The summed E-state index contributed by atoms with van der Waals surface area (Å²) in [6.07, 6.45) is 9.79. The van der Waals surface area contributed by atoms with E-state index < -0.39 is 11.6 Å². The molecule has 0 atom stereocenters. The highest BCUT2D eigenvalue weighted by molar-refractivity contribution is 5.92. The number of piperidine rings is 1. The van der Waals surface area contributed by atoms with Gasteiger partial charge in [-0.1, -0.05) is 24.5 Å². The smallest absolute Gasteiger partial charge is 0.273 e. The highest BCUT2D eigenvalue weighted by Gasteiger charge is 2.27. The summed E-state index contributed by atoms with van der Waals surface area (Å²) in [5.74, 6) is -1.74. The van der Waals surface area contributed by atoms with E-state index in [0.717, 1.165) is 42.7 Å². The van der Waals surface area contributed by atoms with Gasteiger partial charge in [0.1, 0.15) is 11.5 Å². The minimum Gasteiger partial charge on any atom is -0.348 e. The molecule has 8 heteroatoms. The summed E-state index contributed by atoms with van der Waals surface area (Å²) in [5, 5.41) is 10.7. The lowest BCUT2D eigenvalue weighted by molar-refractivity contribution is 0.0861. The van der Waals surface area contributed by atoms with Crippen LogP contribution in [-0.4, -0.2) is 51.0 Å². The highest BCUT2D eigenvalue weighted by atomic mass is 19.1. The van der Waals surface area contributed by atoms with Gasteiger partial charge in [0.25, 0.3) is 5.91 Å². The summed E-state index contributed by atoms with van der Waals surface area (Å²) in [7, 11) is 0. The van der Waals surface area contributed by atoms with E-state index in [0.29, 0.717) is 6.04 Å². The van der Waals surface area contributed by atoms with E-state index in [9.17, 15) is 13.6 Å². The Morgan fingerprint density at radius 1 is 1.07 bits per heavy atom. The Bertz CT molecular complexity index is 826. The van der Waals surface area contributed by atoms with E-state index in [-0.39, 0.29) is 23.3 Å². The SMILES string of the molecule is O=C(NC1CCN(C2CCCCC2)CC1)c1cn(-c2ccc(F)cc2F)nn1. The third-order valence-corrected chi connectivity index (χ3v) is 5.84. The molecule has 0 spiro atoms. The number of benzene rings is 1. The zero-order valence-corrected chi connectivity index (χ0v) is 15.8. The summed E-state index contributed by atoms with van der Waals surface area (Å²) < 4.78 is 28.1. The summed E-state index contributed by atoms with van der Waals surface area (Å²) in [5.41, 5.74) is 0.173. The van der Waals surface area contributed by atoms with Crippen LogP contribution in [0.5, 0.6) is 0 Å². The average molecular weight is 389 g/mol. The summed E-state index contributed by atoms with van der Waals surface area (Å²) >= 11 is 0. The van der Waals surface area contributed by atoms with Gasteiger partial charge in [0.15, 0.2) is 11.5 Å². The van der Waals surface area contributed by atoms with E-state index >= 15 is 0 Å². The molecule has 1 aliphatic heterocycles. The van der Waals surface area contributed by atoms with Crippen molar-refractivity contribution in [1.82, 2.24) is 25.2 Å². The van der Waals surface area contributed by atoms with Crippen molar-refractivity contribution in [3.05, 3.63) is 41.7 Å². The molecule has 1 aliphatic carbocycles. The number of halogens is 2. The van der Waals surface area contributed by atoms with Crippen LogP contribution in [0, 0.1) is 11.6 Å². The maximum atomic E-state index is 13.9. The maximum Gasteiger partial charge on any atom is 0.273 e. The molecule has 0 unspecified atom stereocenters. The first-order chi connectivity index (χ1) is 13.6. The van der Waals surface area contributed by atoms with Crippen LogP contribution in [0.4, 0.5) is 8.78 Å². The van der Waals surface area contributed by atoms with Gasteiger partial charge in [-0.15, -0.1) is 5.10 Å². The van der Waals surface area contributed by atoms with Crippen molar-refractivity contribution in [2.45, 2.75) is 57.0 Å². The van der Waals surface area contributed by atoms with Crippen LogP contribution in [0.1, 0.15) is 55.4 Å². The number of hydrogen-bond acceptors (Lipinski definition) is 4. The summed E-state index contributed by atoms with van der Waals surface area (Å²) in [6, 6.07) is 4.00. The number of nitrogens with zero attached hydrogens (tertiary/aromatic N) is 4. The van der Waals surface area contributed by atoms with E-state index in [1.165, 1.54) is 44.4 Å². The lowest BCUT2D eigenvalue weighted by Crippen LogP contribution is -2.48. The lowest BCUT2D eigenvalue weighted by atomic mass is 9.92. The van der Waals surface area contributed by atoms with Crippen LogP contribution in [0.3, 0.4) is 0 Å². The molecule has 28 heavy (non-hydrogen) atoms. The third-order valence-electron chi connectivity index (χ3n) is 5.84. The van der Waals surface area contributed by atoms with Crippen molar-refractivity contribution in [3.63, 3.8) is 0 Å². The molecule has 1 amide bonds. The van der Waals surface area contributed by atoms with Crippen molar-refractivity contribution in [2.24, 2.45) is 0 Å². The van der Waals surface area contributed by atoms with E-state index in [1.54, 1.807) is 0 Å². The molecular weight excluding hydrogens is 364 g/mol. The van der Waals surface area contributed by atoms with Crippen LogP contribution in [0.2, 0.25) is 0 Å². The largest absolute Gasteiger partial charge is 0.348 e. The monoisotopic (exact) mass is 389 g/mol. The van der Waals surface area contributed by atoms with Gasteiger partial charge in [-0.25, -0.2) is 13.5 Å².